The summed E-state index contributed by atoms with van der Waals surface area (Å²) < 4.78 is 39.6. The van der Waals surface area contributed by atoms with Gasteiger partial charge in [-0.3, -0.25) is 0 Å². The van der Waals surface area contributed by atoms with Crippen LogP contribution in [0, 0.1) is 11.3 Å². The molecule has 2 aromatic carbocycles. The van der Waals surface area contributed by atoms with Gasteiger partial charge in [-0.25, -0.2) is 4.98 Å². The number of benzene rings is 2. The van der Waals surface area contributed by atoms with Crippen molar-refractivity contribution in [3.8, 4) is 17.3 Å². The molecule has 0 fully saturated rings. The van der Waals surface area contributed by atoms with Gasteiger partial charge in [0.25, 0.3) is 0 Å². The molecule has 0 saturated carbocycles. The molecule has 0 aliphatic rings. The second kappa shape index (κ2) is 9.06. The van der Waals surface area contributed by atoms with Crippen LogP contribution in [-0.4, -0.2) is 4.98 Å². The Morgan fingerprint density at radius 1 is 1.14 bits per heavy atom. The van der Waals surface area contributed by atoms with E-state index in [1.807, 2.05) is 23.6 Å². The third-order valence-corrected chi connectivity index (χ3v) is 5.37. The molecule has 6 heteroatoms. The summed E-state index contributed by atoms with van der Waals surface area (Å²) in [6.45, 7) is 2.15. The minimum atomic E-state index is -4.48. The number of thiazole rings is 1. The first-order valence-corrected chi connectivity index (χ1v) is 10.1. The molecule has 29 heavy (non-hydrogen) atoms. The molecule has 3 aromatic rings. The summed E-state index contributed by atoms with van der Waals surface area (Å²) in [5.74, 6) is 0. The number of nitriles is 1. The van der Waals surface area contributed by atoms with Crippen molar-refractivity contribution >= 4 is 23.0 Å². The molecule has 0 saturated heterocycles. The highest BCUT2D eigenvalue weighted by Crippen LogP contribution is 2.34. The summed E-state index contributed by atoms with van der Waals surface area (Å²) in [4.78, 5) is 4.48. The molecule has 0 spiro atoms. The van der Waals surface area contributed by atoms with Crippen LogP contribution in [0.15, 0.2) is 53.9 Å². The standard InChI is InChI=1S/C23H19F3N2S/c1-2-3-6-16-9-11-17(12-10-16)21-15-29-22(28-21)19(14-27)13-18-7-4-5-8-20(18)23(24,25)26/h4-5,7-13,15H,2-3,6H2,1H3. The molecular formula is C23H19F3N2S. The number of rotatable bonds is 6. The van der Waals surface area contributed by atoms with Crippen molar-refractivity contribution in [2.24, 2.45) is 0 Å². The van der Waals surface area contributed by atoms with Crippen LogP contribution < -0.4 is 0 Å². The summed E-state index contributed by atoms with van der Waals surface area (Å²) in [6.07, 6.45) is 0.0629. The van der Waals surface area contributed by atoms with Crippen LogP contribution in [0.4, 0.5) is 13.2 Å². The second-order valence-electron chi connectivity index (χ2n) is 6.59. The van der Waals surface area contributed by atoms with Crippen molar-refractivity contribution in [2.45, 2.75) is 32.4 Å². The highest BCUT2D eigenvalue weighted by atomic mass is 32.1. The van der Waals surface area contributed by atoms with Crippen LogP contribution in [0.3, 0.4) is 0 Å². The van der Waals surface area contributed by atoms with Gasteiger partial charge in [-0.1, -0.05) is 55.8 Å². The first-order valence-electron chi connectivity index (χ1n) is 9.25. The topological polar surface area (TPSA) is 36.7 Å². The largest absolute Gasteiger partial charge is 0.416 e. The third kappa shape index (κ3) is 5.12. The number of hydrogen-bond donors (Lipinski definition) is 0. The van der Waals surface area contributed by atoms with Gasteiger partial charge in [-0.15, -0.1) is 11.3 Å². The molecule has 0 N–H and O–H groups in total. The van der Waals surface area contributed by atoms with Crippen LogP contribution in [-0.2, 0) is 12.6 Å². The quantitative estimate of drug-likeness (QED) is 0.400. The van der Waals surface area contributed by atoms with E-state index in [0.29, 0.717) is 10.7 Å². The Balaban J connectivity index is 1.89. The van der Waals surface area contributed by atoms with E-state index in [0.717, 1.165) is 30.9 Å². The average Bonchev–Trinajstić information content (AvgIpc) is 3.20. The Morgan fingerprint density at radius 3 is 2.52 bits per heavy atom. The molecule has 148 valence electrons. The first kappa shape index (κ1) is 20.8. The van der Waals surface area contributed by atoms with Crippen molar-refractivity contribution in [3.05, 3.63) is 75.6 Å². The van der Waals surface area contributed by atoms with E-state index < -0.39 is 11.7 Å². The lowest BCUT2D eigenvalue weighted by Gasteiger charge is -2.09. The van der Waals surface area contributed by atoms with Crippen molar-refractivity contribution < 1.29 is 13.2 Å². The lowest BCUT2D eigenvalue weighted by molar-refractivity contribution is -0.137. The molecule has 0 aliphatic heterocycles. The van der Waals surface area contributed by atoms with Gasteiger partial charge in [0, 0.05) is 10.9 Å². The molecular weight excluding hydrogens is 393 g/mol. The minimum absolute atomic E-state index is 0.0476. The predicted octanol–water partition coefficient (Wildman–Crippen LogP) is 7.24. The Bertz CT molecular complexity index is 1040. The number of nitrogens with zero attached hydrogens (tertiary/aromatic N) is 2. The molecule has 2 nitrogen and oxygen atoms in total. The lowest BCUT2D eigenvalue weighted by Crippen LogP contribution is -2.07. The van der Waals surface area contributed by atoms with Gasteiger partial charge in [0.15, 0.2) is 0 Å². The number of aryl methyl sites for hydroxylation is 1. The van der Waals surface area contributed by atoms with E-state index in [9.17, 15) is 18.4 Å². The van der Waals surface area contributed by atoms with E-state index in [4.69, 9.17) is 0 Å². The van der Waals surface area contributed by atoms with Crippen LogP contribution in [0.25, 0.3) is 22.9 Å². The fourth-order valence-corrected chi connectivity index (χ4v) is 3.73. The van der Waals surface area contributed by atoms with Crippen molar-refractivity contribution in [2.75, 3.05) is 0 Å². The zero-order chi connectivity index (χ0) is 20.9. The lowest BCUT2D eigenvalue weighted by atomic mass is 10.0. The molecule has 0 atom stereocenters. The molecule has 0 radical (unpaired) electrons. The maximum atomic E-state index is 13.2. The smallest absolute Gasteiger partial charge is 0.235 e. The average molecular weight is 412 g/mol. The summed E-state index contributed by atoms with van der Waals surface area (Å²) in [7, 11) is 0. The first-order chi connectivity index (χ1) is 13.9. The van der Waals surface area contributed by atoms with Crippen molar-refractivity contribution in [1.29, 1.82) is 5.26 Å². The van der Waals surface area contributed by atoms with E-state index >= 15 is 0 Å². The predicted molar refractivity (Wildman–Crippen MR) is 111 cm³/mol. The van der Waals surface area contributed by atoms with E-state index in [1.165, 1.54) is 41.2 Å². The summed E-state index contributed by atoms with van der Waals surface area (Å²) in [6, 6.07) is 15.3. The van der Waals surface area contributed by atoms with Gasteiger partial charge in [-0.2, -0.15) is 18.4 Å². The van der Waals surface area contributed by atoms with Gasteiger partial charge >= 0.3 is 6.18 Å². The second-order valence-corrected chi connectivity index (χ2v) is 7.45. The minimum Gasteiger partial charge on any atom is -0.235 e. The highest BCUT2D eigenvalue weighted by molar-refractivity contribution is 7.11. The molecule has 0 aliphatic carbocycles. The Morgan fingerprint density at radius 2 is 1.86 bits per heavy atom. The van der Waals surface area contributed by atoms with Crippen LogP contribution >= 0.6 is 11.3 Å². The van der Waals surface area contributed by atoms with E-state index in [1.54, 1.807) is 0 Å². The van der Waals surface area contributed by atoms with Gasteiger partial charge < -0.3 is 0 Å². The van der Waals surface area contributed by atoms with Crippen molar-refractivity contribution in [1.82, 2.24) is 4.98 Å². The number of aromatic nitrogens is 1. The van der Waals surface area contributed by atoms with Crippen molar-refractivity contribution in [3.63, 3.8) is 0 Å². The molecule has 1 heterocycles. The molecule has 3 rings (SSSR count). The van der Waals surface area contributed by atoms with Crippen LogP contribution in [0.2, 0.25) is 0 Å². The Hall–Kier alpha value is -2.91. The third-order valence-electron chi connectivity index (χ3n) is 4.49. The zero-order valence-corrected chi connectivity index (χ0v) is 16.6. The molecule has 0 amide bonds. The molecule has 1 aromatic heterocycles. The number of alkyl halides is 3. The highest BCUT2D eigenvalue weighted by Gasteiger charge is 2.32. The van der Waals surface area contributed by atoms with Crippen LogP contribution in [0.1, 0.15) is 41.5 Å². The number of unbranched alkanes of at least 4 members (excludes halogenated alkanes) is 1. The van der Waals surface area contributed by atoms with E-state index in [-0.39, 0.29) is 11.1 Å². The fraction of sp³-hybridized carbons (Fsp3) is 0.217. The normalized spacial score (nSPS) is 12.0. The van der Waals surface area contributed by atoms with Gasteiger partial charge in [-0.05, 0) is 36.1 Å². The maximum absolute atomic E-state index is 13.2. The maximum Gasteiger partial charge on any atom is 0.416 e. The van der Waals surface area contributed by atoms with Gasteiger partial charge in [0.05, 0.1) is 16.8 Å². The SMILES string of the molecule is CCCCc1ccc(-c2csc(C(C#N)=Cc3ccccc3C(F)(F)F)n2)cc1. The number of allylic oxidation sites excluding steroid dienone is 1. The molecule has 0 bridgehead atoms. The monoisotopic (exact) mass is 412 g/mol. The summed E-state index contributed by atoms with van der Waals surface area (Å²) in [5, 5.41) is 11.7. The van der Waals surface area contributed by atoms with E-state index in [2.05, 4.69) is 24.0 Å². The zero-order valence-electron chi connectivity index (χ0n) is 15.8. The van der Waals surface area contributed by atoms with Gasteiger partial charge in [0.2, 0.25) is 0 Å². The number of halogens is 3. The number of hydrogen-bond acceptors (Lipinski definition) is 3. The van der Waals surface area contributed by atoms with Crippen LogP contribution in [0.5, 0.6) is 0 Å². The summed E-state index contributed by atoms with van der Waals surface area (Å²) in [5.41, 5.74) is 2.17. The Kier molecular flexibility index (Phi) is 6.50. The van der Waals surface area contributed by atoms with Gasteiger partial charge in [0.1, 0.15) is 11.1 Å². The molecule has 0 unspecified atom stereocenters. The summed E-state index contributed by atoms with van der Waals surface area (Å²) >= 11 is 1.24. The Labute approximate surface area is 172 Å². The fourth-order valence-electron chi connectivity index (χ4n) is 2.93.